The first-order valence-electron chi connectivity index (χ1n) is 5.31. The van der Waals surface area contributed by atoms with E-state index < -0.39 is 25.1 Å². The predicted molar refractivity (Wildman–Crippen MR) is 66.6 cm³/mol. The van der Waals surface area contributed by atoms with E-state index in [2.05, 4.69) is 5.16 Å². The van der Waals surface area contributed by atoms with Gasteiger partial charge in [-0.25, -0.2) is 16.8 Å². The largest absolute Gasteiger partial charge is 0.409 e. The van der Waals surface area contributed by atoms with Gasteiger partial charge in [-0.05, 0) is 12.8 Å². The number of hydrogen-bond donors (Lipinski definition) is 2. The van der Waals surface area contributed by atoms with E-state index >= 15 is 0 Å². The SMILES string of the molecule is CN(CC(N)=NO)S(=O)(=O)C1CCS(=O)(=O)CC1. The second-order valence-corrected chi connectivity index (χ2v) is 8.87. The molecule has 0 spiro atoms. The van der Waals surface area contributed by atoms with Gasteiger partial charge in [0.15, 0.2) is 5.84 Å². The standard InChI is InChI=1S/C8H17N3O5S2/c1-11(6-8(9)10-12)18(15,16)7-2-4-17(13,14)5-3-7/h7,12H,2-6H2,1H3,(H2,9,10). The first kappa shape index (κ1) is 15.2. The van der Waals surface area contributed by atoms with Crippen molar-refractivity contribution in [2.75, 3.05) is 25.1 Å². The van der Waals surface area contributed by atoms with Gasteiger partial charge in [0, 0.05) is 7.05 Å². The number of nitrogens with two attached hydrogens (primary N) is 1. The van der Waals surface area contributed by atoms with E-state index in [1.165, 1.54) is 7.05 Å². The lowest BCUT2D eigenvalue weighted by Crippen LogP contribution is -2.43. The number of sulfone groups is 1. The Labute approximate surface area is 106 Å². The lowest BCUT2D eigenvalue weighted by Gasteiger charge is -2.26. The van der Waals surface area contributed by atoms with Crippen LogP contribution in [0.5, 0.6) is 0 Å². The van der Waals surface area contributed by atoms with Gasteiger partial charge in [-0.1, -0.05) is 5.16 Å². The first-order valence-corrected chi connectivity index (χ1v) is 8.63. The Morgan fingerprint density at radius 1 is 1.44 bits per heavy atom. The molecule has 0 saturated carbocycles. The second-order valence-electron chi connectivity index (χ2n) is 4.24. The molecule has 0 aliphatic carbocycles. The van der Waals surface area contributed by atoms with Crippen LogP contribution in [0.15, 0.2) is 5.16 Å². The summed E-state index contributed by atoms with van der Waals surface area (Å²) in [6, 6.07) is 0. The molecule has 8 nitrogen and oxygen atoms in total. The average molecular weight is 299 g/mol. The number of sulfonamides is 1. The zero-order valence-electron chi connectivity index (χ0n) is 9.98. The summed E-state index contributed by atoms with van der Waals surface area (Å²) in [5.74, 6) is -0.452. The van der Waals surface area contributed by atoms with Crippen LogP contribution in [0.25, 0.3) is 0 Å². The van der Waals surface area contributed by atoms with E-state index in [0.29, 0.717) is 0 Å². The van der Waals surface area contributed by atoms with Gasteiger partial charge in [0.1, 0.15) is 9.84 Å². The number of hydrogen-bond acceptors (Lipinski definition) is 6. The molecule has 0 bridgehead atoms. The molecule has 1 aliphatic heterocycles. The van der Waals surface area contributed by atoms with Crippen molar-refractivity contribution in [1.29, 1.82) is 0 Å². The Balaban J connectivity index is 2.76. The molecule has 0 unspecified atom stereocenters. The molecule has 0 aromatic rings. The van der Waals surface area contributed by atoms with Crippen LogP contribution >= 0.6 is 0 Å². The van der Waals surface area contributed by atoms with Crippen molar-refractivity contribution in [3.8, 4) is 0 Å². The first-order chi connectivity index (χ1) is 8.19. The van der Waals surface area contributed by atoms with Crippen LogP contribution in [0.2, 0.25) is 0 Å². The fraction of sp³-hybridized carbons (Fsp3) is 0.875. The van der Waals surface area contributed by atoms with E-state index in [4.69, 9.17) is 10.9 Å². The Bertz CT molecular complexity index is 511. The van der Waals surface area contributed by atoms with Crippen molar-refractivity contribution in [3.63, 3.8) is 0 Å². The highest BCUT2D eigenvalue weighted by molar-refractivity contribution is 7.92. The number of rotatable bonds is 4. The van der Waals surface area contributed by atoms with E-state index in [0.717, 1.165) is 4.31 Å². The summed E-state index contributed by atoms with van der Waals surface area (Å²) in [5.41, 5.74) is 5.24. The topological polar surface area (TPSA) is 130 Å². The van der Waals surface area contributed by atoms with Crippen LogP contribution < -0.4 is 5.73 Å². The summed E-state index contributed by atoms with van der Waals surface area (Å²) >= 11 is 0. The van der Waals surface area contributed by atoms with Gasteiger partial charge in [-0.3, -0.25) is 0 Å². The van der Waals surface area contributed by atoms with Crippen LogP contribution in [0, 0.1) is 0 Å². The normalized spacial score (nSPS) is 22.2. The van der Waals surface area contributed by atoms with Crippen molar-refractivity contribution in [2.24, 2.45) is 10.9 Å². The molecule has 1 rings (SSSR count). The third kappa shape index (κ3) is 3.56. The third-order valence-electron chi connectivity index (χ3n) is 2.87. The molecule has 0 aromatic carbocycles. The molecule has 1 saturated heterocycles. The molecule has 3 N–H and O–H groups in total. The van der Waals surface area contributed by atoms with Gasteiger partial charge in [0.05, 0.1) is 23.3 Å². The molecule has 1 fully saturated rings. The van der Waals surface area contributed by atoms with Crippen LogP contribution in [0.3, 0.4) is 0 Å². The minimum absolute atomic E-state index is 0.0885. The predicted octanol–water partition coefficient (Wildman–Crippen LogP) is -1.43. The zero-order valence-corrected chi connectivity index (χ0v) is 11.6. The van der Waals surface area contributed by atoms with Crippen LogP contribution in [0.1, 0.15) is 12.8 Å². The summed E-state index contributed by atoms with van der Waals surface area (Å²) in [7, 11) is -5.41. The van der Waals surface area contributed by atoms with Gasteiger partial charge >= 0.3 is 0 Å². The van der Waals surface area contributed by atoms with Crippen molar-refractivity contribution >= 4 is 25.7 Å². The quantitative estimate of drug-likeness (QED) is 0.283. The molecule has 18 heavy (non-hydrogen) atoms. The van der Waals surface area contributed by atoms with Gasteiger partial charge in [-0.2, -0.15) is 4.31 Å². The third-order valence-corrected chi connectivity index (χ3v) is 6.90. The number of oxime groups is 1. The number of amidine groups is 1. The van der Waals surface area contributed by atoms with Crippen molar-refractivity contribution in [3.05, 3.63) is 0 Å². The van der Waals surface area contributed by atoms with Gasteiger partial charge in [0.2, 0.25) is 10.0 Å². The van der Waals surface area contributed by atoms with Gasteiger partial charge in [-0.15, -0.1) is 0 Å². The minimum Gasteiger partial charge on any atom is -0.409 e. The number of likely N-dealkylation sites (N-methyl/N-ethyl adjacent to an activating group) is 1. The highest BCUT2D eigenvalue weighted by Gasteiger charge is 2.35. The average Bonchev–Trinajstić information content (AvgIpc) is 2.28. The highest BCUT2D eigenvalue weighted by atomic mass is 32.2. The summed E-state index contributed by atoms with van der Waals surface area (Å²) in [4.78, 5) is 0. The summed E-state index contributed by atoms with van der Waals surface area (Å²) < 4.78 is 47.6. The monoisotopic (exact) mass is 299 g/mol. The Hall–Kier alpha value is -0.870. The summed E-state index contributed by atoms with van der Waals surface area (Å²) in [6.07, 6.45) is 0.177. The van der Waals surface area contributed by atoms with Crippen molar-refractivity contribution in [1.82, 2.24) is 4.31 Å². The van der Waals surface area contributed by atoms with Crippen molar-refractivity contribution in [2.45, 2.75) is 18.1 Å². The van der Waals surface area contributed by atoms with Gasteiger partial charge < -0.3 is 10.9 Å². The lowest BCUT2D eigenvalue weighted by atomic mass is 10.2. The molecule has 106 valence electrons. The molecular formula is C8H17N3O5S2. The molecule has 10 heteroatoms. The zero-order chi connectivity index (χ0) is 14.0. The molecule has 0 radical (unpaired) electrons. The van der Waals surface area contributed by atoms with E-state index in [-0.39, 0.29) is 36.7 Å². The van der Waals surface area contributed by atoms with E-state index in [1.807, 2.05) is 0 Å². The van der Waals surface area contributed by atoms with Gasteiger partial charge in [0.25, 0.3) is 0 Å². The van der Waals surface area contributed by atoms with E-state index in [1.54, 1.807) is 0 Å². The fourth-order valence-corrected chi connectivity index (χ4v) is 5.21. The molecule has 0 aromatic heterocycles. The van der Waals surface area contributed by atoms with Crippen molar-refractivity contribution < 1.29 is 22.0 Å². The Morgan fingerprint density at radius 3 is 2.39 bits per heavy atom. The highest BCUT2D eigenvalue weighted by Crippen LogP contribution is 2.21. The lowest BCUT2D eigenvalue weighted by molar-refractivity contribution is 0.315. The molecule has 1 heterocycles. The van der Waals surface area contributed by atoms with Crippen LogP contribution in [0.4, 0.5) is 0 Å². The Morgan fingerprint density at radius 2 is 1.94 bits per heavy atom. The summed E-state index contributed by atoms with van der Waals surface area (Å²) in [5, 5.41) is 10.4. The Kier molecular flexibility index (Phi) is 4.56. The van der Waals surface area contributed by atoms with E-state index in [9.17, 15) is 16.8 Å². The maximum atomic E-state index is 12.1. The minimum atomic E-state index is -3.62. The number of nitrogens with zero attached hydrogens (tertiary/aromatic N) is 2. The van der Waals surface area contributed by atoms with Crippen LogP contribution in [-0.4, -0.2) is 62.5 Å². The summed E-state index contributed by atoms with van der Waals surface area (Å²) in [6.45, 7) is -0.220. The fourth-order valence-electron chi connectivity index (χ4n) is 1.77. The second kappa shape index (κ2) is 5.41. The maximum Gasteiger partial charge on any atom is 0.217 e. The molecule has 0 amide bonds. The maximum absolute atomic E-state index is 12.1. The molecule has 0 atom stereocenters. The smallest absolute Gasteiger partial charge is 0.217 e. The molecular weight excluding hydrogens is 282 g/mol. The molecule has 1 aliphatic rings. The van der Waals surface area contributed by atoms with Crippen LogP contribution in [-0.2, 0) is 19.9 Å².